The lowest BCUT2D eigenvalue weighted by Crippen LogP contribution is -2.51. The van der Waals surface area contributed by atoms with Gasteiger partial charge in [0, 0.05) is 51.3 Å². The maximum atomic E-state index is 15.3. The van der Waals surface area contributed by atoms with Gasteiger partial charge >= 0.3 is 6.18 Å². The molecule has 1 amide bonds. The normalized spacial score (nSPS) is 17.1. The first kappa shape index (κ1) is 24.6. The van der Waals surface area contributed by atoms with Gasteiger partial charge in [0.2, 0.25) is 0 Å². The number of amides is 1. The molecule has 1 saturated heterocycles. The topological polar surface area (TPSA) is 62.5 Å². The number of likely N-dealkylation sites (tertiary alicyclic amines) is 1. The Balaban J connectivity index is 1.68. The van der Waals surface area contributed by atoms with E-state index in [1.54, 1.807) is 17.0 Å². The fraction of sp³-hybridized carbons (Fsp3) is 0.435. The van der Waals surface area contributed by atoms with Gasteiger partial charge in [-0.15, -0.1) is 0 Å². The van der Waals surface area contributed by atoms with Gasteiger partial charge in [0.25, 0.3) is 5.91 Å². The van der Waals surface area contributed by atoms with Gasteiger partial charge in [0.15, 0.2) is 5.67 Å². The Labute approximate surface area is 190 Å². The van der Waals surface area contributed by atoms with E-state index in [2.05, 4.69) is 22.1 Å². The van der Waals surface area contributed by atoms with Gasteiger partial charge in [0.05, 0.1) is 12.6 Å². The number of halogens is 4. The van der Waals surface area contributed by atoms with E-state index in [4.69, 9.17) is 0 Å². The number of aromatic nitrogens is 2. The summed E-state index contributed by atoms with van der Waals surface area (Å²) in [5, 5.41) is 6.65. The van der Waals surface area contributed by atoms with Crippen LogP contribution < -0.4 is 5.32 Å². The Morgan fingerprint density at radius 1 is 1.30 bits per heavy atom. The van der Waals surface area contributed by atoms with Gasteiger partial charge in [-0.25, -0.2) is 9.38 Å². The smallest absolute Gasteiger partial charge is 0.308 e. The average Bonchev–Trinajstić information content (AvgIpc) is 3.20. The number of piperidine rings is 1. The van der Waals surface area contributed by atoms with Crippen molar-refractivity contribution < 1.29 is 22.4 Å². The van der Waals surface area contributed by atoms with E-state index in [1.807, 2.05) is 38.4 Å². The number of carbonyl (C=O) groups excluding carboxylic acids is 1. The SMILES string of the molecule is C=N/C(=C\c1cc(-c2cnn(C)c2)ccc1C)NC(=O)C1(F)CCN(CCC(F)(F)F)CC1. The number of nitrogens with zero attached hydrogens (tertiary/aromatic N) is 4. The van der Waals surface area contributed by atoms with Gasteiger partial charge < -0.3 is 10.2 Å². The van der Waals surface area contributed by atoms with Crippen LogP contribution in [0.25, 0.3) is 17.2 Å². The molecule has 1 N–H and O–H groups in total. The molecule has 10 heteroatoms. The zero-order chi connectivity index (χ0) is 24.2. The van der Waals surface area contributed by atoms with Crippen LogP contribution in [0, 0.1) is 6.92 Å². The summed E-state index contributed by atoms with van der Waals surface area (Å²) in [6.07, 6.45) is -0.358. The first-order chi connectivity index (χ1) is 15.5. The van der Waals surface area contributed by atoms with E-state index in [9.17, 15) is 18.0 Å². The van der Waals surface area contributed by atoms with Crippen molar-refractivity contribution >= 4 is 18.7 Å². The number of hydrogen-bond acceptors (Lipinski definition) is 4. The molecule has 0 radical (unpaired) electrons. The van der Waals surface area contributed by atoms with Gasteiger partial charge in [-0.1, -0.05) is 12.1 Å². The van der Waals surface area contributed by atoms with Crippen molar-refractivity contribution in [2.45, 2.75) is 38.0 Å². The number of rotatable bonds is 7. The molecule has 1 aromatic heterocycles. The Bertz CT molecular complexity index is 1040. The standard InChI is InChI=1S/C23H27F4N5O/c1-16-4-5-17(19-14-29-31(3)15-19)12-18(16)13-20(28-2)30-21(33)22(24)6-9-32(10-7-22)11-8-23(25,26)27/h4-5,12-15H,2,6-11H2,1,3H3,(H,30,33)/b20-13+. The highest BCUT2D eigenvalue weighted by molar-refractivity contribution is 5.87. The first-order valence-corrected chi connectivity index (χ1v) is 10.6. The molecule has 1 aliphatic rings. The highest BCUT2D eigenvalue weighted by atomic mass is 19.4. The van der Waals surface area contributed by atoms with Crippen LogP contribution in [0.5, 0.6) is 0 Å². The zero-order valence-corrected chi connectivity index (χ0v) is 18.6. The third-order valence-corrected chi connectivity index (χ3v) is 5.79. The molecule has 0 aliphatic carbocycles. The minimum Gasteiger partial charge on any atom is -0.308 e. The largest absolute Gasteiger partial charge is 0.390 e. The summed E-state index contributed by atoms with van der Waals surface area (Å²) in [5.41, 5.74) is 1.36. The summed E-state index contributed by atoms with van der Waals surface area (Å²) >= 11 is 0. The summed E-state index contributed by atoms with van der Waals surface area (Å²) in [5.74, 6) is -0.763. The van der Waals surface area contributed by atoms with Crippen molar-refractivity contribution in [3.05, 3.63) is 47.5 Å². The molecule has 0 atom stereocenters. The zero-order valence-electron chi connectivity index (χ0n) is 18.6. The van der Waals surface area contributed by atoms with Gasteiger partial charge in [-0.2, -0.15) is 18.3 Å². The Morgan fingerprint density at radius 2 is 2.00 bits per heavy atom. The Morgan fingerprint density at radius 3 is 2.58 bits per heavy atom. The molecule has 3 rings (SSSR count). The molecule has 178 valence electrons. The molecular formula is C23H27F4N5O. The van der Waals surface area contributed by atoms with Crippen LogP contribution in [-0.4, -0.2) is 58.8 Å². The first-order valence-electron chi connectivity index (χ1n) is 10.6. The van der Waals surface area contributed by atoms with E-state index < -0.39 is 24.2 Å². The minimum atomic E-state index is -4.26. The van der Waals surface area contributed by atoms with Crippen LogP contribution in [-0.2, 0) is 11.8 Å². The predicted octanol–water partition coefficient (Wildman–Crippen LogP) is 4.27. The van der Waals surface area contributed by atoms with Crippen molar-refractivity contribution in [3.8, 4) is 11.1 Å². The van der Waals surface area contributed by atoms with Crippen molar-refractivity contribution in [1.29, 1.82) is 0 Å². The van der Waals surface area contributed by atoms with Crippen molar-refractivity contribution in [1.82, 2.24) is 20.0 Å². The van der Waals surface area contributed by atoms with Crippen molar-refractivity contribution in [2.75, 3.05) is 19.6 Å². The highest BCUT2D eigenvalue weighted by Gasteiger charge is 2.42. The number of alkyl halides is 4. The molecule has 33 heavy (non-hydrogen) atoms. The number of aliphatic imine (C=N–C) groups is 1. The van der Waals surface area contributed by atoms with Crippen LogP contribution in [0.3, 0.4) is 0 Å². The van der Waals surface area contributed by atoms with Crippen LogP contribution in [0.15, 0.2) is 41.4 Å². The van der Waals surface area contributed by atoms with Crippen LogP contribution in [0.1, 0.15) is 30.4 Å². The summed E-state index contributed by atoms with van der Waals surface area (Å²) < 4.78 is 54.2. The van der Waals surface area contributed by atoms with Gasteiger partial charge in [0.1, 0.15) is 5.82 Å². The molecule has 0 bridgehead atoms. The van der Waals surface area contributed by atoms with Crippen LogP contribution in [0.2, 0.25) is 0 Å². The number of benzene rings is 1. The maximum Gasteiger partial charge on any atom is 0.390 e. The molecule has 6 nitrogen and oxygen atoms in total. The van der Waals surface area contributed by atoms with Crippen LogP contribution >= 0.6 is 0 Å². The average molecular weight is 465 g/mol. The third-order valence-electron chi connectivity index (χ3n) is 5.79. The lowest BCUT2D eigenvalue weighted by atomic mass is 9.92. The number of nitrogens with one attached hydrogen (secondary N) is 1. The van der Waals surface area contributed by atoms with Crippen molar-refractivity contribution in [3.63, 3.8) is 0 Å². The second-order valence-electron chi connectivity index (χ2n) is 8.29. The van der Waals surface area contributed by atoms with E-state index in [0.29, 0.717) is 0 Å². The summed E-state index contributed by atoms with van der Waals surface area (Å²) in [4.78, 5) is 18.0. The fourth-order valence-corrected chi connectivity index (χ4v) is 3.69. The Kier molecular flexibility index (Phi) is 7.36. The molecule has 2 heterocycles. The summed E-state index contributed by atoms with van der Waals surface area (Å²) in [6.45, 7) is 5.32. The quantitative estimate of drug-likeness (QED) is 0.491. The summed E-state index contributed by atoms with van der Waals surface area (Å²) in [6, 6.07) is 5.78. The van der Waals surface area contributed by atoms with Crippen molar-refractivity contribution in [2.24, 2.45) is 12.0 Å². The minimum absolute atomic E-state index is 0.0762. The number of aryl methyl sites for hydroxylation is 2. The molecule has 2 aromatic rings. The van der Waals surface area contributed by atoms with Gasteiger partial charge in [-0.05, 0) is 42.5 Å². The maximum absolute atomic E-state index is 15.3. The molecule has 1 aliphatic heterocycles. The molecular weight excluding hydrogens is 438 g/mol. The van der Waals surface area contributed by atoms with Crippen LogP contribution in [0.4, 0.5) is 17.6 Å². The van der Waals surface area contributed by atoms with E-state index >= 15 is 4.39 Å². The number of carbonyl (C=O) groups is 1. The second-order valence-corrected chi connectivity index (χ2v) is 8.29. The molecule has 0 saturated carbocycles. The molecule has 0 spiro atoms. The van der Waals surface area contributed by atoms with E-state index in [-0.39, 0.29) is 38.3 Å². The van der Waals surface area contributed by atoms with E-state index in [0.717, 1.165) is 22.3 Å². The third kappa shape index (κ3) is 6.50. The molecule has 1 aromatic carbocycles. The second kappa shape index (κ2) is 9.86. The molecule has 1 fully saturated rings. The van der Waals surface area contributed by atoms with E-state index in [1.165, 1.54) is 4.90 Å². The lowest BCUT2D eigenvalue weighted by molar-refractivity contribution is -0.143. The predicted molar refractivity (Wildman–Crippen MR) is 119 cm³/mol. The number of hydrogen-bond donors (Lipinski definition) is 1. The summed E-state index contributed by atoms with van der Waals surface area (Å²) in [7, 11) is 1.82. The lowest BCUT2D eigenvalue weighted by Gasteiger charge is -2.35. The highest BCUT2D eigenvalue weighted by Crippen LogP contribution is 2.29. The van der Waals surface area contributed by atoms with Gasteiger partial charge in [-0.3, -0.25) is 9.48 Å². The monoisotopic (exact) mass is 465 g/mol. The fourth-order valence-electron chi connectivity index (χ4n) is 3.69. The Hall–Kier alpha value is -3.01. The molecule has 0 unspecified atom stereocenters.